The smallest absolute Gasteiger partial charge is 0.0434 e. The molecule has 3 heteroatoms. The fraction of sp³-hybridized carbons (Fsp3) is 0.583. The van der Waals surface area contributed by atoms with Crippen LogP contribution in [0.3, 0.4) is 0 Å². The molecular formula is C12H18N2O. The predicted octanol–water partition coefficient (Wildman–Crippen LogP) is 1.29. The van der Waals surface area contributed by atoms with Gasteiger partial charge in [-0.2, -0.15) is 0 Å². The molecule has 1 saturated heterocycles. The highest BCUT2D eigenvalue weighted by Gasteiger charge is 2.21. The third-order valence-electron chi connectivity index (χ3n) is 3.04. The highest BCUT2D eigenvalue weighted by atomic mass is 16.3. The van der Waals surface area contributed by atoms with Gasteiger partial charge in [-0.1, -0.05) is 6.07 Å². The summed E-state index contributed by atoms with van der Waals surface area (Å²) in [4.78, 5) is 6.56. The maximum Gasteiger partial charge on any atom is 0.0434 e. The second-order valence-corrected chi connectivity index (χ2v) is 4.26. The number of hydrogen-bond donors (Lipinski definition) is 1. The van der Waals surface area contributed by atoms with E-state index in [0.29, 0.717) is 12.5 Å². The van der Waals surface area contributed by atoms with Crippen LogP contribution in [0.2, 0.25) is 0 Å². The van der Waals surface area contributed by atoms with Gasteiger partial charge in [-0.25, -0.2) is 0 Å². The van der Waals surface area contributed by atoms with Crippen molar-refractivity contribution in [3.8, 4) is 0 Å². The van der Waals surface area contributed by atoms with Crippen LogP contribution < -0.4 is 0 Å². The van der Waals surface area contributed by atoms with Crippen LogP contribution in [0.5, 0.6) is 0 Å². The number of aliphatic hydroxyl groups is 1. The maximum atomic E-state index is 8.87. The lowest BCUT2D eigenvalue weighted by atomic mass is 10.1. The van der Waals surface area contributed by atoms with Crippen molar-refractivity contribution < 1.29 is 5.11 Å². The number of nitrogens with zero attached hydrogens (tertiary/aromatic N) is 2. The molecule has 1 atom stereocenters. The molecular weight excluding hydrogens is 188 g/mol. The zero-order valence-corrected chi connectivity index (χ0v) is 8.97. The summed E-state index contributed by atoms with van der Waals surface area (Å²) < 4.78 is 0. The van der Waals surface area contributed by atoms with Crippen LogP contribution in [0, 0.1) is 5.92 Å². The quantitative estimate of drug-likeness (QED) is 0.806. The highest BCUT2D eigenvalue weighted by Crippen LogP contribution is 2.20. The van der Waals surface area contributed by atoms with Crippen LogP contribution in [0.4, 0.5) is 0 Å². The average molecular weight is 206 g/mol. The van der Waals surface area contributed by atoms with Gasteiger partial charge in [0.2, 0.25) is 0 Å². The second-order valence-electron chi connectivity index (χ2n) is 4.26. The molecule has 1 unspecified atom stereocenters. The lowest BCUT2D eigenvalue weighted by Gasteiger charge is -2.15. The molecule has 0 aliphatic carbocycles. The van der Waals surface area contributed by atoms with Gasteiger partial charge in [0.1, 0.15) is 0 Å². The summed E-state index contributed by atoms with van der Waals surface area (Å²) in [6.07, 6.45) is 5.91. The van der Waals surface area contributed by atoms with Crippen LogP contribution in [0.25, 0.3) is 0 Å². The summed E-state index contributed by atoms with van der Waals surface area (Å²) >= 11 is 0. The Kier molecular flexibility index (Phi) is 3.69. The van der Waals surface area contributed by atoms with E-state index in [1.807, 2.05) is 18.5 Å². The van der Waals surface area contributed by atoms with Crippen LogP contribution in [0.15, 0.2) is 24.5 Å². The molecule has 1 aliphatic rings. The molecule has 0 saturated carbocycles. The molecule has 82 valence electrons. The lowest BCUT2D eigenvalue weighted by molar-refractivity contribution is 0.249. The van der Waals surface area contributed by atoms with Gasteiger partial charge in [-0.05, 0) is 36.9 Å². The van der Waals surface area contributed by atoms with Crippen molar-refractivity contribution in [2.24, 2.45) is 5.92 Å². The van der Waals surface area contributed by atoms with Crippen molar-refractivity contribution in [1.29, 1.82) is 0 Å². The zero-order valence-electron chi connectivity index (χ0n) is 8.97. The molecule has 1 fully saturated rings. The van der Waals surface area contributed by atoms with Crippen molar-refractivity contribution in [3.05, 3.63) is 30.1 Å². The van der Waals surface area contributed by atoms with Gasteiger partial charge in [0.25, 0.3) is 0 Å². The highest BCUT2D eigenvalue weighted by molar-refractivity contribution is 5.08. The Labute approximate surface area is 90.8 Å². The first-order chi connectivity index (χ1) is 7.38. The molecule has 1 aromatic rings. The Balaban J connectivity index is 1.82. The first-order valence-corrected chi connectivity index (χ1v) is 5.60. The maximum absolute atomic E-state index is 8.87. The molecule has 0 spiro atoms. The third-order valence-corrected chi connectivity index (χ3v) is 3.04. The van der Waals surface area contributed by atoms with Gasteiger partial charge in [0.15, 0.2) is 0 Å². The second kappa shape index (κ2) is 5.24. The number of likely N-dealkylation sites (tertiary alicyclic amines) is 1. The van der Waals surface area contributed by atoms with Crippen molar-refractivity contribution >= 4 is 0 Å². The third kappa shape index (κ3) is 3.01. The van der Waals surface area contributed by atoms with Crippen molar-refractivity contribution in [2.75, 3.05) is 19.7 Å². The van der Waals surface area contributed by atoms with Crippen LogP contribution in [-0.4, -0.2) is 34.7 Å². The van der Waals surface area contributed by atoms with E-state index in [9.17, 15) is 0 Å². The fourth-order valence-corrected chi connectivity index (χ4v) is 2.22. The van der Waals surface area contributed by atoms with Crippen molar-refractivity contribution in [2.45, 2.75) is 19.4 Å². The predicted molar refractivity (Wildman–Crippen MR) is 59.3 cm³/mol. The molecule has 0 bridgehead atoms. The van der Waals surface area contributed by atoms with E-state index in [1.54, 1.807) is 0 Å². The standard InChI is InChI=1S/C12H18N2O/c15-7-4-11-3-6-14(9-11)10-12-2-1-5-13-8-12/h1-2,5,8,11,15H,3-4,6-7,9-10H2. The summed E-state index contributed by atoms with van der Waals surface area (Å²) in [6.45, 7) is 3.59. The van der Waals surface area contributed by atoms with E-state index in [2.05, 4.69) is 16.0 Å². The molecule has 0 amide bonds. The zero-order chi connectivity index (χ0) is 10.5. The van der Waals surface area contributed by atoms with Gasteiger partial charge in [-0.3, -0.25) is 9.88 Å². The number of rotatable bonds is 4. The van der Waals surface area contributed by atoms with Crippen LogP contribution in [-0.2, 0) is 6.54 Å². The van der Waals surface area contributed by atoms with Crippen molar-refractivity contribution in [3.63, 3.8) is 0 Å². The van der Waals surface area contributed by atoms with Crippen LogP contribution in [0.1, 0.15) is 18.4 Å². The minimum absolute atomic E-state index is 0.325. The Morgan fingerprint density at radius 1 is 1.53 bits per heavy atom. The van der Waals surface area contributed by atoms with E-state index in [-0.39, 0.29) is 0 Å². The van der Waals surface area contributed by atoms with E-state index in [0.717, 1.165) is 26.1 Å². The Morgan fingerprint density at radius 3 is 3.20 bits per heavy atom. The SMILES string of the molecule is OCCC1CCN(Cc2cccnc2)C1. The van der Waals surface area contributed by atoms with Gasteiger partial charge in [0, 0.05) is 32.1 Å². The number of hydrogen-bond acceptors (Lipinski definition) is 3. The molecule has 0 aromatic carbocycles. The average Bonchev–Trinajstić information content (AvgIpc) is 2.68. The summed E-state index contributed by atoms with van der Waals surface area (Å²) in [5, 5.41) is 8.87. The van der Waals surface area contributed by atoms with E-state index >= 15 is 0 Å². The Bertz CT molecular complexity index is 289. The monoisotopic (exact) mass is 206 g/mol. The van der Waals surface area contributed by atoms with Crippen LogP contribution >= 0.6 is 0 Å². The minimum Gasteiger partial charge on any atom is -0.396 e. The van der Waals surface area contributed by atoms with Gasteiger partial charge in [0.05, 0.1) is 0 Å². The van der Waals surface area contributed by atoms with Gasteiger partial charge in [-0.15, -0.1) is 0 Å². The first kappa shape index (κ1) is 10.6. The molecule has 15 heavy (non-hydrogen) atoms. The van der Waals surface area contributed by atoms with Gasteiger partial charge < -0.3 is 5.11 Å². The topological polar surface area (TPSA) is 36.4 Å². The Morgan fingerprint density at radius 2 is 2.47 bits per heavy atom. The lowest BCUT2D eigenvalue weighted by Crippen LogP contribution is -2.20. The molecule has 1 aromatic heterocycles. The molecule has 3 nitrogen and oxygen atoms in total. The summed E-state index contributed by atoms with van der Waals surface area (Å²) in [7, 11) is 0. The van der Waals surface area contributed by atoms with Gasteiger partial charge >= 0.3 is 0 Å². The number of aromatic nitrogens is 1. The van der Waals surface area contributed by atoms with E-state index < -0.39 is 0 Å². The molecule has 2 rings (SSSR count). The van der Waals surface area contributed by atoms with E-state index in [1.165, 1.54) is 12.0 Å². The normalized spacial score (nSPS) is 22.1. The molecule has 1 N–H and O–H groups in total. The van der Waals surface area contributed by atoms with Crippen molar-refractivity contribution in [1.82, 2.24) is 9.88 Å². The summed E-state index contributed by atoms with van der Waals surface area (Å²) in [5.41, 5.74) is 1.28. The minimum atomic E-state index is 0.325. The molecule has 1 aliphatic heterocycles. The Hall–Kier alpha value is -0.930. The summed E-state index contributed by atoms with van der Waals surface area (Å²) in [5.74, 6) is 0.687. The fourth-order valence-electron chi connectivity index (χ4n) is 2.22. The van der Waals surface area contributed by atoms with E-state index in [4.69, 9.17) is 5.11 Å². The first-order valence-electron chi connectivity index (χ1n) is 5.60. The number of pyridine rings is 1. The largest absolute Gasteiger partial charge is 0.396 e. The number of aliphatic hydroxyl groups excluding tert-OH is 1. The molecule has 2 heterocycles. The molecule has 0 radical (unpaired) electrons. The summed E-state index contributed by atoms with van der Waals surface area (Å²) in [6, 6.07) is 4.10.